The molecule has 2 aromatic rings. The van der Waals surface area contributed by atoms with Crippen LogP contribution in [0.3, 0.4) is 0 Å². The van der Waals surface area contributed by atoms with Crippen LogP contribution in [0.5, 0.6) is 0 Å². The Morgan fingerprint density at radius 2 is 1.83 bits per heavy atom. The van der Waals surface area contributed by atoms with E-state index in [1.807, 2.05) is 63.4 Å². The molecule has 24 heavy (non-hydrogen) atoms. The molecule has 1 aliphatic rings. The Hall–Kier alpha value is -1.85. The molecule has 2 heterocycles. The standard InChI is InChI=1S/C19H19NO2S2/c1-11(2)24-17-16(15-6-5-9-23-15)18(21)20(19(17)22)14-10-12(3)7-8-13(14)4/h5-11H,1-4H3. The maximum atomic E-state index is 13.1. The maximum absolute atomic E-state index is 13.1. The number of hydrogen-bond acceptors (Lipinski definition) is 4. The van der Waals surface area contributed by atoms with Crippen LogP contribution >= 0.6 is 23.1 Å². The van der Waals surface area contributed by atoms with Crippen LogP contribution in [0, 0.1) is 13.8 Å². The Morgan fingerprint density at radius 3 is 2.46 bits per heavy atom. The lowest BCUT2D eigenvalue weighted by atomic mass is 10.1. The van der Waals surface area contributed by atoms with Gasteiger partial charge in [0.25, 0.3) is 11.8 Å². The van der Waals surface area contributed by atoms with Crippen LogP contribution in [-0.2, 0) is 9.59 Å². The van der Waals surface area contributed by atoms with E-state index in [-0.39, 0.29) is 17.1 Å². The summed E-state index contributed by atoms with van der Waals surface area (Å²) in [4.78, 5) is 28.9. The number of nitrogens with zero attached hydrogens (tertiary/aromatic N) is 1. The van der Waals surface area contributed by atoms with Crippen LogP contribution in [0.25, 0.3) is 5.57 Å². The lowest BCUT2D eigenvalue weighted by Crippen LogP contribution is -2.32. The van der Waals surface area contributed by atoms with Gasteiger partial charge in [-0.25, -0.2) is 4.90 Å². The second-order valence-corrected chi connectivity index (χ2v) is 8.62. The van der Waals surface area contributed by atoms with Crippen molar-refractivity contribution < 1.29 is 9.59 Å². The zero-order chi connectivity index (χ0) is 17.4. The highest BCUT2D eigenvalue weighted by atomic mass is 32.2. The number of imide groups is 1. The van der Waals surface area contributed by atoms with Crippen molar-refractivity contribution in [3.63, 3.8) is 0 Å². The highest BCUT2D eigenvalue weighted by Gasteiger charge is 2.41. The average molecular weight is 358 g/mol. The Bertz CT molecular complexity index is 835. The van der Waals surface area contributed by atoms with Crippen molar-refractivity contribution >= 4 is 46.2 Å². The third kappa shape index (κ3) is 2.94. The third-order valence-corrected chi connectivity index (χ3v) is 5.74. The highest BCUT2D eigenvalue weighted by molar-refractivity contribution is 8.04. The molecular weight excluding hydrogens is 338 g/mol. The minimum absolute atomic E-state index is 0.212. The van der Waals surface area contributed by atoms with E-state index < -0.39 is 0 Å². The van der Waals surface area contributed by atoms with Gasteiger partial charge in [-0.2, -0.15) is 0 Å². The van der Waals surface area contributed by atoms with E-state index in [1.165, 1.54) is 28.0 Å². The van der Waals surface area contributed by atoms with E-state index in [4.69, 9.17) is 0 Å². The molecule has 2 amide bonds. The van der Waals surface area contributed by atoms with Gasteiger partial charge < -0.3 is 0 Å². The summed E-state index contributed by atoms with van der Waals surface area (Å²) in [6.07, 6.45) is 0. The summed E-state index contributed by atoms with van der Waals surface area (Å²) < 4.78 is 0. The molecule has 5 heteroatoms. The normalized spacial score (nSPS) is 15.1. The minimum atomic E-state index is -0.223. The quantitative estimate of drug-likeness (QED) is 0.738. The smallest absolute Gasteiger partial charge is 0.268 e. The first kappa shape index (κ1) is 17.0. The van der Waals surface area contributed by atoms with E-state index in [2.05, 4.69) is 0 Å². The number of carbonyl (C=O) groups excluding carboxylic acids is 2. The molecule has 1 aliphatic heterocycles. The molecule has 0 saturated heterocycles. The van der Waals surface area contributed by atoms with Gasteiger partial charge >= 0.3 is 0 Å². The van der Waals surface area contributed by atoms with Gasteiger partial charge in [0.1, 0.15) is 0 Å². The van der Waals surface area contributed by atoms with Crippen molar-refractivity contribution in [2.75, 3.05) is 4.90 Å². The van der Waals surface area contributed by atoms with Gasteiger partial charge in [0.05, 0.1) is 16.2 Å². The first-order valence-corrected chi connectivity index (χ1v) is 9.57. The van der Waals surface area contributed by atoms with Gasteiger partial charge in [0, 0.05) is 10.1 Å². The predicted molar refractivity (Wildman–Crippen MR) is 102 cm³/mol. The Morgan fingerprint density at radius 1 is 1.08 bits per heavy atom. The van der Waals surface area contributed by atoms with Crippen molar-refractivity contribution in [3.8, 4) is 0 Å². The minimum Gasteiger partial charge on any atom is -0.268 e. The number of amides is 2. The molecule has 0 aliphatic carbocycles. The number of thioether (sulfide) groups is 1. The maximum Gasteiger partial charge on any atom is 0.272 e. The molecule has 0 N–H and O–H groups in total. The van der Waals surface area contributed by atoms with Crippen LogP contribution in [0.1, 0.15) is 29.9 Å². The highest BCUT2D eigenvalue weighted by Crippen LogP contribution is 2.41. The van der Waals surface area contributed by atoms with Crippen LogP contribution in [-0.4, -0.2) is 17.1 Å². The molecular formula is C19H19NO2S2. The summed E-state index contributed by atoms with van der Waals surface area (Å²) in [6.45, 7) is 7.95. The zero-order valence-corrected chi connectivity index (χ0v) is 15.8. The molecule has 3 nitrogen and oxygen atoms in total. The van der Waals surface area contributed by atoms with E-state index in [0.717, 1.165) is 16.0 Å². The second kappa shape index (κ2) is 6.57. The molecule has 0 radical (unpaired) electrons. The van der Waals surface area contributed by atoms with E-state index >= 15 is 0 Å². The molecule has 1 aromatic carbocycles. The SMILES string of the molecule is Cc1ccc(C)c(N2C(=O)C(SC(C)C)=C(c3cccs3)C2=O)c1. The fourth-order valence-corrected chi connectivity index (χ4v) is 4.48. The van der Waals surface area contributed by atoms with E-state index in [9.17, 15) is 9.59 Å². The topological polar surface area (TPSA) is 37.4 Å². The number of rotatable bonds is 4. The molecule has 0 unspecified atom stereocenters. The number of anilines is 1. The monoisotopic (exact) mass is 357 g/mol. The second-order valence-electron chi connectivity index (χ2n) is 6.08. The molecule has 0 saturated carbocycles. The van der Waals surface area contributed by atoms with E-state index in [1.54, 1.807) is 0 Å². The van der Waals surface area contributed by atoms with Crippen LogP contribution in [0.4, 0.5) is 5.69 Å². The predicted octanol–water partition coefficient (Wildman–Crippen LogP) is 4.79. The van der Waals surface area contributed by atoms with Gasteiger partial charge in [-0.3, -0.25) is 9.59 Å². The number of thiophene rings is 1. The van der Waals surface area contributed by atoms with Crippen LogP contribution in [0.15, 0.2) is 40.6 Å². The zero-order valence-electron chi connectivity index (χ0n) is 14.1. The Kier molecular flexibility index (Phi) is 4.65. The van der Waals surface area contributed by atoms with Crippen molar-refractivity contribution in [1.82, 2.24) is 0 Å². The van der Waals surface area contributed by atoms with Gasteiger partial charge in [-0.1, -0.05) is 32.0 Å². The summed E-state index contributed by atoms with van der Waals surface area (Å²) in [5.41, 5.74) is 3.16. The number of benzene rings is 1. The number of hydrogen-bond donors (Lipinski definition) is 0. The molecule has 3 rings (SSSR count). The summed E-state index contributed by atoms with van der Waals surface area (Å²) in [5, 5.41) is 2.16. The molecule has 1 aromatic heterocycles. The molecule has 124 valence electrons. The Balaban J connectivity index is 2.13. The van der Waals surface area contributed by atoms with Crippen molar-refractivity contribution in [1.29, 1.82) is 0 Å². The van der Waals surface area contributed by atoms with Gasteiger partial charge in [-0.15, -0.1) is 23.1 Å². The summed E-state index contributed by atoms with van der Waals surface area (Å²) in [7, 11) is 0. The third-order valence-electron chi connectivity index (χ3n) is 3.77. The summed E-state index contributed by atoms with van der Waals surface area (Å²) in [6, 6.07) is 9.65. The molecule has 0 spiro atoms. The fraction of sp³-hybridized carbons (Fsp3) is 0.263. The lowest BCUT2D eigenvalue weighted by Gasteiger charge is -2.18. The first-order chi connectivity index (χ1) is 11.4. The average Bonchev–Trinajstić information content (AvgIpc) is 3.10. The van der Waals surface area contributed by atoms with Gasteiger partial charge in [-0.05, 0) is 42.5 Å². The van der Waals surface area contributed by atoms with Crippen molar-refractivity contribution in [2.45, 2.75) is 32.9 Å². The lowest BCUT2D eigenvalue weighted by molar-refractivity contribution is -0.119. The van der Waals surface area contributed by atoms with Crippen molar-refractivity contribution in [3.05, 3.63) is 56.6 Å². The number of carbonyl (C=O) groups is 2. The van der Waals surface area contributed by atoms with Crippen LogP contribution < -0.4 is 4.90 Å². The molecule has 0 bridgehead atoms. The van der Waals surface area contributed by atoms with Crippen molar-refractivity contribution in [2.24, 2.45) is 0 Å². The van der Waals surface area contributed by atoms with Gasteiger partial charge in [0.15, 0.2) is 0 Å². The summed E-state index contributed by atoms with van der Waals surface area (Å²) in [5.74, 6) is -0.435. The number of aryl methyl sites for hydroxylation is 2. The largest absolute Gasteiger partial charge is 0.272 e. The van der Waals surface area contributed by atoms with Gasteiger partial charge in [0.2, 0.25) is 0 Å². The van der Waals surface area contributed by atoms with E-state index in [0.29, 0.717) is 16.2 Å². The summed E-state index contributed by atoms with van der Waals surface area (Å²) >= 11 is 2.95. The molecule has 0 fully saturated rings. The Labute approximate surface area is 150 Å². The molecule has 0 atom stereocenters. The fourth-order valence-electron chi connectivity index (χ4n) is 2.67. The van der Waals surface area contributed by atoms with Crippen LogP contribution in [0.2, 0.25) is 0 Å². The first-order valence-electron chi connectivity index (χ1n) is 7.81.